The third-order valence-corrected chi connectivity index (χ3v) is 5.43. The van der Waals surface area contributed by atoms with Gasteiger partial charge in [-0.2, -0.15) is 17.5 Å². The fraction of sp³-hybridized carbons (Fsp3) is 0.917. The Morgan fingerprint density at radius 3 is 2.13 bits per heavy atom. The molecule has 0 aromatic rings. The molecule has 0 amide bonds. The van der Waals surface area contributed by atoms with E-state index in [1.165, 1.54) is 0 Å². The summed E-state index contributed by atoms with van der Waals surface area (Å²) in [6, 6.07) is 0. The summed E-state index contributed by atoms with van der Waals surface area (Å²) < 4.78 is 60.5. The first-order valence-electron chi connectivity index (χ1n) is 7.24. The molecule has 1 fully saturated rings. The van der Waals surface area contributed by atoms with E-state index in [0.717, 1.165) is 13.1 Å². The minimum absolute atomic E-state index is 0. The van der Waals surface area contributed by atoms with Crippen molar-refractivity contribution in [2.75, 3.05) is 32.7 Å². The van der Waals surface area contributed by atoms with Crippen LogP contribution in [0.5, 0.6) is 0 Å². The van der Waals surface area contributed by atoms with Gasteiger partial charge in [-0.05, 0) is 32.6 Å². The van der Waals surface area contributed by atoms with E-state index in [9.17, 15) is 21.6 Å². The van der Waals surface area contributed by atoms with Crippen LogP contribution in [0.2, 0.25) is 0 Å². The van der Waals surface area contributed by atoms with Gasteiger partial charge in [0.05, 0.1) is 0 Å². The Balaban J connectivity index is 0.00000484. The van der Waals surface area contributed by atoms with Crippen molar-refractivity contribution in [3.8, 4) is 0 Å². The van der Waals surface area contributed by atoms with E-state index in [0.29, 0.717) is 29.7 Å². The van der Waals surface area contributed by atoms with Gasteiger partial charge in [-0.3, -0.25) is 4.99 Å². The molecule has 0 saturated carbocycles. The van der Waals surface area contributed by atoms with E-state index in [4.69, 9.17) is 5.73 Å². The standard InChI is InChI=1S/C12H23F3N4O2S.HI/c1-3-18(4-2)11(16)17-9-10-5-7-19(8-6-10)22(20,21)12(13,14)15;/h10H,3-9H2,1-2H3,(H2,16,17);1H. The van der Waals surface area contributed by atoms with Crippen molar-refractivity contribution in [1.82, 2.24) is 9.21 Å². The van der Waals surface area contributed by atoms with Gasteiger partial charge in [0.15, 0.2) is 5.96 Å². The van der Waals surface area contributed by atoms with Gasteiger partial charge in [0, 0.05) is 32.7 Å². The molecule has 0 aromatic heterocycles. The molecule has 1 rings (SSSR count). The van der Waals surface area contributed by atoms with Crippen molar-refractivity contribution >= 4 is 40.0 Å². The number of piperidine rings is 1. The quantitative estimate of drug-likeness (QED) is 0.376. The van der Waals surface area contributed by atoms with Gasteiger partial charge in [0.1, 0.15) is 0 Å². The van der Waals surface area contributed by atoms with Crippen LogP contribution >= 0.6 is 24.0 Å². The Labute approximate surface area is 152 Å². The van der Waals surface area contributed by atoms with E-state index >= 15 is 0 Å². The number of nitrogens with two attached hydrogens (primary N) is 1. The third kappa shape index (κ3) is 5.93. The Morgan fingerprint density at radius 2 is 1.74 bits per heavy atom. The van der Waals surface area contributed by atoms with Gasteiger partial charge in [0.25, 0.3) is 0 Å². The molecule has 11 heteroatoms. The normalized spacial score (nSPS) is 18.6. The minimum Gasteiger partial charge on any atom is -0.370 e. The lowest BCUT2D eigenvalue weighted by Gasteiger charge is -2.31. The van der Waals surface area contributed by atoms with E-state index in [1.54, 1.807) is 0 Å². The topological polar surface area (TPSA) is 79.0 Å². The van der Waals surface area contributed by atoms with E-state index in [1.807, 2.05) is 18.7 Å². The molecule has 1 heterocycles. The summed E-state index contributed by atoms with van der Waals surface area (Å²) in [6.45, 7) is 5.50. The number of guanidine groups is 1. The Morgan fingerprint density at radius 1 is 1.26 bits per heavy atom. The van der Waals surface area contributed by atoms with Crippen LogP contribution in [0.15, 0.2) is 4.99 Å². The van der Waals surface area contributed by atoms with Crippen LogP contribution in [0.3, 0.4) is 0 Å². The molecule has 0 spiro atoms. The first-order chi connectivity index (χ1) is 10.1. The summed E-state index contributed by atoms with van der Waals surface area (Å²) in [5, 5.41) is 0. The first kappa shape index (κ1) is 22.7. The lowest BCUT2D eigenvalue weighted by atomic mass is 9.98. The van der Waals surface area contributed by atoms with Gasteiger partial charge in [-0.25, -0.2) is 8.42 Å². The maximum absolute atomic E-state index is 12.5. The van der Waals surface area contributed by atoms with Crippen molar-refractivity contribution < 1.29 is 21.6 Å². The second-order valence-corrected chi connectivity index (χ2v) is 7.09. The SMILES string of the molecule is CCN(CC)C(N)=NCC1CCN(S(=O)(=O)C(F)(F)F)CC1.I. The lowest BCUT2D eigenvalue weighted by Crippen LogP contribution is -2.45. The molecule has 0 aromatic carbocycles. The van der Waals surface area contributed by atoms with Crippen molar-refractivity contribution in [3.05, 3.63) is 0 Å². The van der Waals surface area contributed by atoms with E-state index in [2.05, 4.69) is 4.99 Å². The predicted molar refractivity (Wildman–Crippen MR) is 94.1 cm³/mol. The van der Waals surface area contributed by atoms with Crippen LogP contribution in [-0.4, -0.2) is 61.8 Å². The number of hydrogen-bond acceptors (Lipinski definition) is 3. The fourth-order valence-corrected chi connectivity index (χ4v) is 3.33. The van der Waals surface area contributed by atoms with Gasteiger partial charge >= 0.3 is 15.5 Å². The van der Waals surface area contributed by atoms with Crippen molar-refractivity contribution in [2.45, 2.75) is 32.2 Å². The molecular weight excluding hydrogens is 448 g/mol. The van der Waals surface area contributed by atoms with Crippen molar-refractivity contribution in [2.24, 2.45) is 16.6 Å². The van der Waals surface area contributed by atoms with Crippen LogP contribution < -0.4 is 5.73 Å². The molecule has 138 valence electrons. The second-order valence-electron chi connectivity index (χ2n) is 5.16. The highest BCUT2D eigenvalue weighted by molar-refractivity contribution is 14.0. The summed E-state index contributed by atoms with van der Waals surface area (Å²) in [5.74, 6) is 0.462. The number of halogens is 4. The molecule has 23 heavy (non-hydrogen) atoms. The zero-order valence-electron chi connectivity index (χ0n) is 13.2. The molecular formula is C12H24F3IN4O2S. The second kappa shape index (κ2) is 9.25. The number of rotatable bonds is 5. The van der Waals surface area contributed by atoms with Crippen LogP contribution in [-0.2, 0) is 10.0 Å². The van der Waals surface area contributed by atoms with Gasteiger partial charge in [-0.15, -0.1) is 24.0 Å². The monoisotopic (exact) mass is 472 g/mol. The zero-order valence-corrected chi connectivity index (χ0v) is 16.4. The summed E-state index contributed by atoms with van der Waals surface area (Å²) in [4.78, 5) is 6.13. The molecule has 0 radical (unpaired) electrons. The molecule has 1 aliphatic rings. The highest BCUT2D eigenvalue weighted by Gasteiger charge is 2.50. The maximum atomic E-state index is 12.5. The van der Waals surface area contributed by atoms with Crippen LogP contribution in [0.25, 0.3) is 0 Å². The van der Waals surface area contributed by atoms with Crippen LogP contribution in [0.4, 0.5) is 13.2 Å². The van der Waals surface area contributed by atoms with Crippen LogP contribution in [0.1, 0.15) is 26.7 Å². The summed E-state index contributed by atoms with van der Waals surface area (Å²) in [5.41, 5.74) is 0.600. The largest absolute Gasteiger partial charge is 0.511 e. The molecule has 0 bridgehead atoms. The van der Waals surface area contributed by atoms with Gasteiger partial charge in [-0.1, -0.05) is 0 Å². The van der Waals surface area contributed by atoms with E-state index in [-0.39, 0.29) is 43.0 Å². The van der Waals surface area contributed by atoms with Crippen molar-refractivity contribution in [1.29, 1.82) is 0 Å². The number of alkyl halides is 3. The molecule has 1 saturated heterocycles. The highest BCUT2D eigenvalue weighted by Crippen LogP contribution is 2.30. The van der Waals surface area contributed by atoms with Gasteiger partial charge < -0.3 is 10.6 Å². The molecule has 1 aliphatic heterocycles. The highest BCUT2D eigenvalue weighted by atomic mass is 127. The molecule has 2 N–H and O–H groups in total. The number of nitrogens with zero attached hydrogens (tertiary/aromatic N) is 3. The molecule has 6 nitrogen and oxygen atoms in total. The smallest absolute Gasteiger partial charge is 0.370 e. The number of sulfonamides is 1. The predicted octanol–water partition coefficient (Wildman–Crippen LogP) is 1.82. The first-order valence-corrected chi connectivity index (χ1v) is 8.68. The molecule has 0 aliphatic carbocycles. The minimum atomic E-state index is -5.23. The Kier molecular flexibility index (Phi) is 9.13. The average molecular weight is 472 g/mol. The van der Waals surface area contributed by atoms with Gasteiger partial charge in [0.2, 0.25) is 0 Å². The number of aliphatic imine (C=N–C) groups is 1. The summed E-state index contributed by atoms with van der Waals surface area (Å²) in [6.07, 6.45) is 0.703. The fourth-order valence-electron chi connectivity index (χ4n) is 2.35. The van der Waals surface area contributed by atoms with Crippen molar-refractivity contribution in [3.63, 3.8) is 0 Å². The maximum Gasteiger partial charge on any atom is 0.511 e. The summed E-state index contributed by atoms with van der Waals surface area (Å²) >= 11 is 0. The molecule has 0 atom stereocenters. The van der Waals surface area contributed by atoms with E-state index < -0.39 is 15.5 Å². The summed E-state index contributed by atoms with van der Waals surface area (Å²) in [7, 11) is -5.21. The lowest BCUT2D eigenvalue weighted by molar-refractivity contribution is -0.0496. The Hall–Kier alpha value is -0.300. The average Bonchev–Trinajstić information content (AvgIpc) is 2.45. The molecule has 0 unspecified atom stereocenters. The van der Waals surface area contributed by atoms with Crippen LogP contribution in [0, 0.1) is 5.92 Å². The third-order valence-electron chi connectivity index (χ3n) is 3.80. The zero-order chi connectivity index (χ0) is 17.0. The number of hydrogen-bond donors (Lipinski definition) is 1. The Bertz CT molecular complexity index is 487.